The maximum Gasteiger partial charge on any atom is 0.306 e. The van der Waals surface area contributed by atoms with Crippen molar-refractivity contribution >= 4 is 17.9 Å². The number of hydrogen-bond donors (Lipinski definition) is 0. The Morgan fingerprint density at radius 1 is 0.500 bits per heavy atom. The van der Waals surface area contributed by atoms with E-state index in [2.05, 4.69) is 68.5 Å². The molecule has 0 aliphatic rings. The molecule has 0 aromatic carbocycles. The first kappa shape index (κ1) is 58.5. The van der Waals surface area contributed by atoms with Crippen LogP contribution in [-0.4, -0.2) is 75.5 Å². The zero-order valence-electron chi connectivity index (χ0n) is 40.3. The summed E-state index contributed by atoms with van der Waals surface area (Å²) in [5.41, 5.74) is 0. The molecule has 0 rings (SSSR count). The summed E-state index contributed by atoms with van der Waals surface area (Å²) in [6, 6.07) is -0.735. The van der Waals surface area contributed by atoms with Crippen molar-refractivity contribution in [3.05, 3.63) is 85.1 Å². The Hall–Kier alpha value is -3.49. The lowest BCUT2D eigenvalue weighted by Gasteiger charge is -2.34. The van der Waals surface area contributed by atoms with Crippen LogP contribution in [0.4, 0.5) is 0 Å². The maximum atomic E-state index is 12.7. The number of esters is 2. The number of hydrogen-bond acceptors (Lipinski definition) is 7. The molecule has 0 radical (unpaired) electrons. The van der Waals surface area contributed by atoms with Crippen LogP contribution in [0.5, 0.6) is 0 Å². The molecule has 8 nitrogen and oxygen atoms in total. The van der Waals surface area contributed by atoms with E-state index in [9.17, 15) is 19.5 Å². The summed E-state index contributed by atoms with van der Waals surface area (Å²) in [6.45, 7) is 4.39. The molecule has 0 aliphatic heterocycles. The first-order valence-electron chi connectivity index (χ1n) is 24.7. The highest BCUT2D eigenvalue weighted by molar-refractivity contribution is 5.70. The molecule has 0 saturated carbocycles. The Kier molecular flexibility index (Phi) is 41.6. The Morgan fingerprint density at radius 2 is 0.935 bits per heavy atom. The lowest BCUT2D eigenvalue weighted by Crippen LogP contribution is -2.55. The van der Waals surface area contributed by atoms with E-state index in [1.54, 1.807) is 21.1 Å². The molecule has 2 unspecified atom stereocenters. The van der Waals surface area contributed by atoms with Gasteiger partial charge in [0, 0.05) is 19.3 Å². The molecule has 0 aliphatic carbocycles. The fourth-order valence-corrected chi connectivity index (χ4v) is 6.86. The van der Waals surface area contributed by atoms with E-state index in [1.165, 1.54) is 70.6 Å². The number of quaternary nitrogens is 1. The first-order valence-corrected chi connectivity index (χ1v) is 24.7. The molecule has 0 aromatic rings. The lowest BCUT2D eigenvalue weighted by atomic mass is 10.0. The van der Waals surface area contributed by atoms with E-state index in [-0.39, 0.29) is 42.7 Å². The van der Waals surface area contributed by atoms with Crippen LogP contribution in [0.15, 0.2) is 85.1 Å². The third-order valence-electron chi connectivity index (χ3n) is 10.6. The summed E-state index contributed by atoms with van der Waals surface area (Å²) in [5.74, 6) is -1.77. The number of rotatable bonds is 43. The largest absolute Gasteiger partial charge is 0.544 e. The van der Waals surface area contributed by atoms with Crippen molar-refractivity contribution < 1.29 is 38.2 Å². The summed E-state index contributed by atoms with van der Waals surface area (Å²) < 4.78 is 17.2. The monoisotopic (exact) mass is 866 g/mol. The number of unbranched alkanes of at least 4 members (excludes halogenated alkanes) is 18. The normalized spacial score (nSPS) is 13.6. The predicted molar refractivity (Wildman–Crippen MR) is 258 cm³/mol. The molecule has 0 N–H and O–H groups in total. The van der Waals surface area contributed by atoms with Gasteiger partial charge in [0.05, 0.1) is 40.3 Å². The molecule has 0 amide bonds. The maximum absolute atomic E-state index is 12.7. The molecule has 2 atom stereocenters. The number of carbonyl (C=O) groups is 3. The van der Waals surface area contributed by atoms with Crippen molar-refractivity contribution in [1.29, 1.82) is 0 Å². The van der Waals surface area contributed by atoms with Crippen LogP contribution in [-0.2, 0) is 28.6 Å². The number of carboxylic acid groups (broad SMARTS) is 1. The van der Waals surface area contributed by atoms with Crippen LogP contribution < -0.4 is 5.11 Å². The second kappa shape index (κ2) is 44.1. The molecule has 0 spiro atoms. The minimum absolute atomic E-state index is 0.0269. The lowest BCUT2D eigenvalue weighted by molar-refractivity contribution is -0.889. The van der Waals surface area contributed by atoms with Gasteiger partial charge in [-0.2, -0.15) is 0 Å². The van der Waals surface area contributed by atoms with E-state index >= 15 is 0 Å². The van der Waals surface area contributed by atoms with Gasteiger partial charge in [-0.1, -0.05) is 189 Å². The number of allylic oxidation sites excluding steroid dienone is 14. The minimum Gasteiger partial charge on any atom is -0.544 e. The molecule has 0 fully saturated rings. The quantitative estimate of drug-likeness (QED) is 0.0198. The number of likely N-dealkylation sites (N-methyl/N-ethyl adjacent to an activating group) is 1. The average molecular weight is 866 g/mol. The predicted octanol–water partition coefficient (Wildman–Crippen LogP) is 12.7. The summed E-state index contributed by atoms with van der Waals surface area (Å²) in [7, 11) is 5.40. The second-order valence-corrected chi connectivity index (χ2v) is 17.4. The molecule has 0 bridgehead atoms. The molecule has 354 valence electrons. The molecular weight excluding hydrogens is 775 g/mol. The number of ether oxygens (including phenoxy) is 3. The fraction of sp³-hybridized carbons (Fsp3) is 0.685. The van der Waals surface area contributed by atoms with Crippen LogP contribution in [0.1, 0.15) is 187 Å². The van der Waals surface area contributed by atoms with Crippen molar-refractivity contribution in [2.45, 2.75) is 199 Å². The number of carboxylic acids is 1. The molecule has 0 aromatic heterocycles. The minimum atomic E-state index is -1.13. The zero-order chi connectivity index (χ0) is 45.6. The van der Waals surface area contributed by atoms with Crippen molar-refractivity contribution in [3.8, 4) is 0 Å². The van der Waals surface area contributed by atoms with Gasteiger partial charge in [0.15, 0.2) is 6.10 Å². The Labute approximate surface area is 380 Å². The Bertz CT molecular complexity index is 1290. The molecule has 0 heterocycles. The van der Waals surface area contributed by atoms with Gasteiger partial charge in [0.1, 0.15) is 12.6 Å². The van der Waals surface area contributed by atoms with Crippen LogP contribution in [0.2, 0.25) is 0 Å². The highest BCUT2D eigenvalue weighted by Gasteiger charge is 2.25. The van der Waals surface area contributed by atoms with Crippen LogP contribution in [0, 0.1) is 0 Å². The third-order valence-corrected chi connectivity index (χ3v) is 10.6. The molecule has 8 heteroatoms. The summed E-state index contributed by atoms with van der Waals surface area (Å²) in [6.07, 6.45) is 57.6. The van der Waals surface area contributed by atoms with Gasteiger partial charge in [0.2, 0.25) is 0 Å². The van der Waals surface area contributed by atoms with Gasteiger partial charge in [0.25, 0.3) is 0 Å². The van der Waals surface area contributed by atoms with Gasteiger partial charge in [-0.15, -0.1) is 0 Å². The summed E-state index contributed by atoms with van der Waals surface area (Å²) in [5, 5.41) is 11.6. The van der Waals surface area contributed by atoms with E-state index < -0.39 is 18.1 Å². The van der Waals surface area contributed by atoms with E-state index in [0.717, 1.165) is 83.5 Å². The van der Waals surface area contributed by atoms with Crippen molar-refractivity contribution in [2.24, 2.45) is 0 Å². The van der Waals surface area contributed by atoms with E-state index in [1.807, 2.05) is 30.4 Å². The Balaban J connectivity index is 4.25. The van der Waals surface area contributed by atoms with Crippen LogP contribution in [0.25, 0.3) is 0 Å². The van der Waals surface area contributed by atoms with Gasteiger partial charge in [-0.05, 0) is 64.2 Å². The van der Waals surface area contributed by atoms with Crippen LogP contribution >= 0.6 is 0 Å². The van der Waals surface area contributed by atoms with Crippen molar-refractivity contribution in [2.75, 3.05) is 41.0 Å². The number of aliphatic carboxylic acids is 1. The molecular formula is C54H91NO7. The topological polar surface area (TPSA) is 102 Å². The highest BCUT2D eigenvalue weighted by atomic mass is 16.6. The summed E-state index contributed by atoms with van der Waals surface area (Å²) >= 11 is 0. The van der Waals surface area contributed by atoms with Gasteiger partial charge < -0.3 is 28.6 Å². The third kappa shape index (κ3) is 41.8. The van der Waals surface area contributed by atoms with Crippen molar-refractivity contribution in [3.63, 3.8) is 0 Å². The second-order valence-electron chi connectivity index (χ2n) is 17.4. The molecule has 62 heavy (non-hydrogen) atoms. The average Bonchev–Trinajstić information content (AvgIpc) is 3.23. The SMILES string of the molecule is CC/C=C/C=C/C=C/C=C/CCCCCCCC(=O)OC(COCCC(C(=O)[O-])[N+](C)(C)C)COC(=O)CCCCCCCCCCCCCCC/C=C/C/C=C/C/C=C/CC. The van der Waals surface area contributed by atoms with Crippen molar-refractivity contribution in [1.82, 2.24) is 0 Å². The smallest absolute Gasteiger partial charge is 0.306 e. The van der Waals surface area contributed by atoms with Gasteiger partial charge in [-0.3, -0.25) is 9.59 Å². The standard InChI is InChI=1S/C54H91NO7/c1-6-8-10-12-14-16-18-20-22-23-24-25-26-27-28-29-31-32-34-36-38-40-42-44-52(56)61-49-50(48-60-47-46-51(54(58)59)55(3,4)5)62-53(57)45-43-41-39-37-35-33-30-21-19-17-15-13-11-9-7-2/h8-11,13-17,19-22,30,50-51H,6-7,12,18,23-29,31-49H2,1-5H3/b10-8+,11-9+,15-13+,16-14+,19-17+,22-20+,30-21+. The number of carbonyl (C=O) groups excluding carboxylic acids is 3. The summed E-state index contributed by atoms with van der Waals surface area (Å²) in [4.78, 5) is 37.0. The first-order chi connectivity index (χ1) is 30.1. The Morgan fingerprint density at radius 3 is 1.45 bits per heavy atom. The van der Waals surface area contributed by atoms with Gasteiger partial charge >= 0.3 is 11.9 Å². The molecule has 0 saturated heterocycles. The van der Waals surface area contributed by atoms with E-state index in [4.69, 9.17) is 14.2 Å². The van der Waals surface area contributed by atoms with Crippen LogP contribution in [0.3, 0.4) is 0 Å². The zero-order valence-corrected chi connectivity index (χ0v) is 40.3. The van der Waals surface area contributed by atoms with Gasteiger partial charge in [-0.25, -0.2) is 0 Å². The number of nitrogens with zero attached hydrogens (tertiary/aromatic N) is 1. The highest BCUT2D eigenvalue weighted by Crippen LogP contribution is 2.15. The van der Waals surface area contributed by atoms with E-state index in [0.29, 0.717) is 12.8 Å². The fourth-order valence-electron chi connectivity index (χ4n) is 6.86.